The molecule has 0 bridgehead atoms. The summed E-state index contributed by atoms with van der Waals surface area (Å²) >= 11 is 0. The zero-order valence-electron chi connectivity index (χ0n) is 23.9. The summed E-state index contributed by atoms with van der Waals surface area (Å²) in [6.45, 7) is 0. The first-order chi connectivity index (χ1) is 20.8. The van der Waals surface area contributed by atoms with Gasteiger partial charge in [0, 0.05) is 12.4 Å². The quantitative estimate of drug-likeness (QED) is 0.159. The molecule has 0 fully saturated rings. The highest BCUT2D eigenvalue weighted by atomic mass is 31.1. The third kappa shape index (κ3) is 5.77. The molecule has 0 saturated carbocycles. The molecule has 5 aromatic rings. The Kier molecular flexibility index (Phi) is 9.07. The summed E-state index contributed by atoms with van der Waals surface area (Å²) in [5, 5.41) is 7.86. The second-order valence-electron chi connectivity index (χ2n) is 10.0. The molecule has 5 aromatic carbocycles. The Morgan fingerprint density at radius 1 is 0.548 bits per heavy atom. The third-order valence-corrected chi connectivity index (χ3v) is 12.7. The van der Waals surface area contributed by atoms with E-state index in [-0.39, 0.29) is 6.10 Å². The maximum atomic E-state index is 6.48. The van der Waals surface area contributed by atoms with Crippen LogP contribution in [0.25, 0.3) is 0 Å². The topological polar surface area (TPSA) is 18.5 Å². The Morgan fingerprint density at radius 2 is 1.05 bits per heavy atom. The Morgan fingerprint density at radius 3 is 1.62 bits per heavy atom. The van der Waals surface area contributed by atoms with Gasteiger partial charge >= 0.3 is 0 Å². The first-order valence-corrected chi connectivity index (χ1v) is 16.9. The second-order valence-corrected chi connectivity index (χ2v) is 14.4. The molecular formula is C38H34O2P2. The fourth-order valence-electron chi connectivity index (χ4n) is 5.72. The molecule has 1 unspecified atom stereocenters. The van der Waals surface area contributed by atoms with Crippen molar-refractivity contribution in [1.29, 1.82) is 0 Å². The van der Waals surface area contributed by atoms with Gasteiger partial charge in [0.1, 0.15) is 11.9 Å². The predicted octanol–water partition coefficient (Wildman–Crippen LogP) is 7.49. The summed E-state index contributed by atoms with van der Waals surface area (Å²) < 4.78 is 12.4. The molecule has 4 heteroatoms. The number of hydrogen-bond donors (Lipinski definition) is 0. The van der Waals surface area contributed by atoms with Crippen molar-refractivity contribution >= 4 is 42.4 Å². The molecule has 0 heterocycles. The van der Waals surface area contributed by atoms with Crippen molar-refractivity contribution in [3.63, 3.8) is 0 Å². The highest BCUT2D eigenvalue weighted by Gasteiger charge is 2.31. The molecule has 208 valence electrons. The molecule has 0 saturated heterocycles. The van der Waals surface area contributed by atoms with Gasteiger partial charge < -0.3 is 9.47 Å². The van der Waals surface area contributed by atoms with Crippen LogP contribution in [-0.2, 0) is 4.74 Å². The summed E-state index contributed by atoms with van der Waals surface area (Å²) in [5.41, 5.74) is 2.56. The molecule has 0 amide bonds. The van der Waals surface area contributed by atoms with Crippen molar-refractivity contribution in [2.24, 2.45) is 0 Å². The fourth-order valence-corrected chi connectivity index (χ4v) is 10.9. The van der Waals surface area contributed by atoms with Gasteiger partial charge in [-0.15, -0.1) is 0 Å². The number of benzene rings is 5. The molecule has 0 spiro atoms. The lowest BCUT2D eigenvalue weighted by atomic mass is 10.0. The number of allylic oxidation sites excluding steroid dienone is 3. The van der Waals surface area contributed by atoms with Gasteiger partial charge in [-0.05, 0) is 66.0 Å². The smallest absolute Gasteiger partial charge is 0.127 e. The lowest BCUT2D eigenvalue weighted by molar-refractivity contribution is 0.132. The van der Waals surface area contributed by atoms with Gasteiger partial charge in [0.25, 0.3) is 0 Å². The molecular weight excluding hydrogens is 550 g/mol. The molecule has 0 N–H and O–H groups in total. The molecule has 2 nitrogen and oxygen atoms in total. The highest BCUT2D eigenvalue weighted by molar-refractivity contribution is 7.80. The van der Waals surface area contributed by atoms with Gasteiger partial charge in [0.15, 0.2) is 0 Å². The van der Waals surface area contributed by atoms with Crippen LogP contribution in [0.15, 0.2) is 163 Å². The lowest BCUT2D eigenvalue weighted by Crippen LogP contribution is -2.25. The van der Waals surface area contributed by atoms with E-state index < -0.39 is 15.8 Å². The van der Waals surface area contributed by atoms with Gasteiger partial charge in [-0.25, -0.2) is 0 Å². The van der Waals surface area contributed by atoms with Crippen molar-refractivity contribution in [3.8, 4) is 5.75 Å². The monoisotopic (exact) mass is 584 g/mol. The van der Waals surface area contributed by atoms with Crippen LogP contribution in [0, 0.1) is 0 Å². The molecule has 1 aliphatic carbocycles. The average molecular weight is 585 g/mol. The Balaban J connectivity index is 1.53. The first kappa shape index (κ1) is 28.3. The predicted molar refractivity (Wildman–Crippen MR) is 181 cm³/mol. The Hall–Kier alpha value is -3.80. The molecule has 42 heavy (non-hydrogen) atoms. The largest absolute Gasteiger partial charge is 0.496 e. The number of methoxy groups -OCH3 is 2. The first-order valence-electron chi connectivity index (χ1n) is 14.2. The minimum Gasteiger partial charge on any atom is -0.496 e. The summed E-state index contributed by atoms with van der Waals surface area (Å²) in [4.78, 5) is 0. The summed E-state index contributed by atoms with van der Waals surface area (Å²) in [6, 6.07) is 50.0. The van der Waals surface area contributed by atoms with Crippen LogP contribution in [0.1, 0.15) is 18.1 Å². The third-order valence-electron chi connectivity index (χ3n) is 7.56. The molecule has 2 atom stereocenters. The van der Waals surface area contributed by atoms with Crippen LogP contribution in [0.5, 0.6) is 5.75 Å². The van der Waals surface area contributed by atoms with Crippen LogP contribution in [0.3, 0.4) is 0 Å². The van der Waals surface area contributed by atoms with E-state index in [9.17, 15) is 0 Å². The maximum Gasteiger partial charge on any atom is 0.127 e. The van der Waals surface area contributed by atoms with Gasteiger partial charge in [-0.2, -0.15) is 0 Å². The SMILES string of the molecule is COc1ccccc1P(C1=C([C@H](OC)c2ccccc2P(c2ccccc2)c2ccccc2)CC=C1)c1ccccc1. The molecule has 0 radical (unpaired) electrons. The standard InChI is InChI=1S/C38H34O2P2/c1-39-34-25-13-15-27-37(34)42(31-21-10-5-11-22-31)36-28-16-24-33(36)38(40-2)32-23-12-14-26-35(32)41(29-17-6-3-7-18-29)30-19-8-4-9-20-30/h3-23,25-28,38H,24H2,1-2H3/t38-,42?/m1/s1. The van der Waals surface area contributed by atoms with E-state index in [1.165, 1.54) is 43.0 Å². The normalized spacial score (nSPS) is 14.3. The van der Waals surface area contributed by atoms with E-state index in [0.717, 1.165) is 12.2 Å². The van der Waals surface area contributed by atoms with Gasteiger partial charge in [0.05, 0.1) is 7.11 Å². The summed E-state index contributed by atoms with van der Waals surface area (Å²) in [7, 11) is 1.97. The van der Waals surface area contributed by atoms with Crippen molar-refractivity contribution < 1.29 is 9.47 Å². The van der Waals surface area contributed by atoms with Crippen LogP contribution < -0.4 is 31.3 Å². The van der Waals surface area contributed by atoms with E-state index in [0.29, 0.717) is 0 Å². The van der Waals surface area contributed by atoms with Gasteiger partial charge in [-0.3, -0.25) is 0 Å². The van der Waals surface area contributed by atoms with Crippen molar-refractivity contribution in [3.05, 3.63) is 168 Å². The van der Waals surface area contributed by atoms with E-state index in [1.54, 1.807) is 7.11 Å². The van der Waals surface area contributed by atoms with E-state index in [2.05, 4.69) is 146 Å². The number of rotatable bonds is 10. The van der Waals surface area contributed by atoms with Gasteiger partial charge in [0.2, 0.25) is 0 Å². The van der Waals surface area contributed by atoms with Crippen LogP contribution in [0.4, 0.5) is 0 Å². The Labute approximate surface area is 251 Å². The Bertz CT molecular complexity index is 1640. The van der Waals surface area contributed by atoms with Crippen molar-refractivity contribution in [2.45, 2.75) is 12.5 Å². The van der Waals surface area contributed by atoms with Gasteiger partial charge in [-0.1, -0.05) is 146 Å². The zero-order valence-corrected chi connectivity index (χ0v) is 25.7. The number of para-hydroxylation sites is 1. The molecule has 6 rings (SSSR count). The molecule has 0 aromatic heterocycles. The maximum absolute atomic E-state index is 6.48. The van der Waals surface area contributed by atoms with Crippen LogP contribution in [-0.4, -0.2) is 14.2 Å². The van der Waals surface area contributed by atoms with Crippen molar-refractivity contribution in [1.82, 2.24) is 0 Å². The lowest BCUT2D eigenvalue weighted by Gasteiger charge is -2.29. The minimum absolute atomic E-state index is 0.174. The van der Waals surface area contributed by atoms with E-state index in [1.807, 2.05) is 13.2 Å². The molecule has 1 aliphatic rings. The van der Waals surface area contributed by atoms with Crippen LogP contribution >= 0.6 is 15.8 Å². The average Bonchev–Trinajstić information content (AvgIpc) is 3.53. The number of hydrogen-bond acceptors (Lipinski definition) is 2. The highest BCUT2D eigenvalue weighted by Crippen LogP contribution is 2.53. The fraction of sp³-hybridized carbons (Fsp3) is 0.105. The van der Waals surface area contributed by atoms with E-state index in [4.69, 9.17) is 9.47 Å². The summed E-state index contributed by atoms with van der Waals surface area (Å²) in [5.74, 6) is 0.922. The number of ether oxygens (including phenoxy) is 2. The van der Waals surface area contributed by atoms with E-state index >= 15 is 0 Å². The minimum atomic E-state index is -0.866. The molecule has 0 aliphatic heterocycles. The zero-order chi connectivity index (χ0) is 28.7. The van der Waals surface area contributed by atoms with Crippen LogP contribution in [0.2, 0.25) is 0 Å². The van der Waals surface area contributed by atoms with Crippen molar-refractivity contribution in [2.75, 3.05) is 14.2 Å². The summed E-state index contributed by atoms with van der Waals surface area (Å²) in [6.07, 6.45) is 5.31. The second kappa shape index (κ2) is 13.5.